The monoisotopic (exact) mass is 315 g/mol. The van der Waals surface area contributed by atoms with Crippen molar-refractivity contribution < 1.29 is 0 Å². The van der Waals surface area contributed by atoms with Crippen LogP contribution in [-0.2, 0) is 0 Å². The molecule has 0 aliphatic carbocycles. The molecule has 1 aromatic carbocycles. The molecule has 0 heterocycles. The van der Waals surface area contributed by atoms with Gasteiger partial charge < -0.3 is 5.32 Å². The highest BCUT2D eigenvalue weighted by molar-refractivity contribution is 6.42. The molecule has 20 heavy (non-hydrogen) atoms. The maximum atomic E-state index is 6.33. The summed E-state index contributed by atoms with van der Waals surface area (Å²) in [6.07, 6.45) is 9.04. The summed E-state index contributed by atoms with van der Waals surface area (Å²) in [7, 11) is 0. The van der Waals surface area contributed by atoms with E-state index in [1.54, 1.807) is 0 Å². The van der Waals surface area contributed by atoms with E-state index in [9.17, 15) is 0 Å². The second-order valence-electron chi connectivity index (χ2n) is 5.31. The van der Waals surface area contributed by atoms with E-state index in [-0.39, 0.29) is 0 Å². The fraction of sp³-hybridized carbons (Fsp3) is 0.647. The number of halogens is 2. The second kappa shape index (κ2) is 10.5. The third kappa shape index (κ3) is 6.03. The predicted octanol–water partition coefficient (Wildman–Crippen LogP) is 6.39. The molecule has 0 radical (unpaired) electrons. The van der Waals surface area contributed by atoms with Gasteiger partial charge in [0.25, 0.3) is 0 Å². The Morgan fingerprint density at radius 1 is 1.00 bits per heavy atom. The first-order valence-corrected chi connectivity index (χ1v) is 8.63. The van der Waals surface area contributed by atoms with E-state index in [0.717, 1.165) is 18.5 Å². The molecule has 0 aromatic heterocycles. The van der Waals surface area contributed by atoms with E-state index >= 15 is 0 Å². The van der Waals surface area contributed by atoms with Crippen LogP contribution in [0.15, 0.2) is 18.2 Å². The molecule has 114 valence electrons. The van der Waals surface area contributed by atoms with Crippen molar-refractivity contribution in [3.8, 4) is 0 Å². The van der Waals surface area contributed by atoms with Crippen LogP contribution >= 0.6 is 23.2 Å². The molecule has 0 fully saturated rings. The van der Waals surface area contributed by atoms with Crippen LogP contribution in [-0.4, -0.2) is 6.54 Å². The molecule has 1 rings (SSSR count). The smallest absolute Gasteiger partial charge is 0.0640 e. The van der Waals surface area contributed by atoms with Crippen LogP contribution in [0.3, 0.4) is 0 Å². The van der Waals surface area contributed by atoms with Crippen LogP contribution in [0.1, 0.15) is 70.4 Å². The van der Waals surface area contributed by atoms with Crippen LogP contribution in [0.25, 0.3) is 0 Å². The molecule has 0 amide bonds. The van der Waals surface area contributed by atoms with Crippen molar-refractivity contribution >= 4 is 23.2 Å². The standard InChI is InChI=1S/C17H27Cl2N/c1-3-5-6-7-8-9-13-16(20-4-2)14-11-10-12-15(18)17(14)19/h10-12,16,20H,3-9,13H2,1-2H3. The summed E-state index contributed by atoms with van der Waals surface area (Å²) >= 11 is 12.4. The Hall–Kier alpha value is -0.240. The Morgan fingerprint density at radius 3 is 2.40 bits per heavy atom. The molecule has 0 saturated heterocycles. The Bertz CT molecular complexity index is 379. The van der Waals surface area contributed by atoms with Crippen molar-refractivity contribution in [1.29, 1.82) is 0 Å². The fourth-order valence-corrected chi connectivity index (χ4v) is 2.97. The predicted molar refractivity (Wildman–Crippen MR) is 90.9 cm³/mol. The maximum absolute atomic E-state index is 6.33. The van der Waals surface area contributed by atoms with Crippen molar-refractivity contribution in [2.45, 2.75) is 64.8 Å². The summed E-state index contributed by atoms with van der Waals surface area (Å²) in [6.45, 7) is 5.33. The van der Waals surface area contributed by atoms with Crippen LogP contribution in [0, 0.1) is 0 Å². The Balaban J connectivity index is 2.49. The minimum atomic E-state index is 0.317. The van der Waals surface area contributed by atoms with Crippen LogP contribution in [0.2, 0.25) is 10.0 Å². The van der Waals surface area contributed by atoms with E-state index in [0.29, 0.717) is 16.1 Å². The zero-order valence-corrected chi connectivity index (χ0v) is 14.2. The van der Waals surface area contributed by atoms with E-state index < -0.39 is 0 Å². The molecular formula is C17H27Cl2N. The molecule has 0 aliphatic heterocycles. The number of hydrogen-bond donors (Lipinski definition) is 1. The van der Waals surface area contributed by atoms with Crippen molar-refractivity contribution in [1.82, 2.24) is 5.32 Å². The van der Waals surface area contributed by atoms with Crippen LogP contribution < -0.4 is 5.32 Å². The number of nitrogens with one attached hydrogen (secondary N) is 1. The van der Waals surface area contributed by atoms with Gasteiger partial charge in [-0.25, -0.2) is 0 Å². The molecule has 1 aromatic rings. The lowest BCUT2D eigenvalue weighted by Crippen LogP contribution is -2.21. The molecule has 1 unspecified atom stereocenters. The summed E-state index contributed by atoms with van der Waals surface area (Å²) in [4.78, 5) is 0. The lowest BCUT2D eigenvalue weighted by atomic mass is 9.99. The summed E-state index contributed by atoms with van der Waals surface area (Å²) in [5.74, 6) is 0. The lowest BCUT2D eigenvalue weighted by molar-refractivity contribution is 0.477. The van der Waals surface area contributed by atoms with Gasteiger partial charge in [-0.05, 0) is 24.6 Å². The van der Waals surface area contributed by atoms with Gasteiger partial charge in [0, 0.05) is 6.04 Å². The van der Waals surface area contributed by atoms with Crippen LogP contribution in [0.5, 0.6) is 0 Å². The molecule has 0 saturated carbocycles. The molecule has 1 N–H and O–H groups in total. The van der Waals surface area contributed by atoms with Crippen molar-refractivity contribution in [3.63, 3.8) is 0 Å². The molecule has 0 aliphatic rings. The Morgan fingerprint density at radius 2 is 1.70 bits per heavy atom. The molecule has 0 spiro atoms. The van der Waals surface area contributed by atoms with Crippen molar-refractivity contribution in [3.05, 3.63) is 33.8 Å². The van der Waals surface area contributed by atoms with Gasteiger partial charge in [0.05, 0.1) is 10.0 Å². The Labute approximate surface area is 134 Å². The third-order valence-corrected chi connectivity index (χ3v) is 4.49. The topological polar surface area (TPSA) is 12.0 Å². The zero-order chi connectivity index (χ0) is 14.8. The molecule has 0 bridgehead atoms. The number of hydrogen-bond acceptors (Lipinski definition) is 1. The average Bonchev–Trinajstić information content (AvgIpc) is 2.45. The van der Waals surface area contributed by atoms with Gasteiger partial charge in [0.2, 0.25) is 0 Å². The maximum Gasteiger partial charge on any atom is 0.0640 e. The normalized spacial score (nSPS) is 12.6. The fourth-order valence-electron chi connectivity index (χ4n) is 2.53. The summed E-state index contributed by atoms with van der Waals surface area (Å²) in [5, 5.41) is 4.87. The van der Waals surface area contributed by atoms with E-state index in [4.69, 9.17) is 23.2 Å². The van der Waals surface area contributed by atoms with Gasteiger partial charge in [-0.2, -0.15) is 0 Å². The van der Waals surface area contributed by atoms with Gasteiger partial charge in [0.1, 0.15) is 0 Å². The highest BCUT2D eigenvalue weighted by atomic mass is 35.5. The summed E-state index contributed by atoms with van der Waals surface area (Å²) in [5.41, 5.74) is 1.13. The first-order valence-electron chi connectivity index (χ1n) is 7.88. The van der Waals surface area contributed by atoms with Crippen LogP contribution in [0.4, 0.5) is 0 Å². The average molecular weight is 316 g/mol. The van der Waals surface area contributed by atoms with Gasteiger partial charge in [-0.1, -0.05) is 87.7 Å². The highest BCUT2D eigenvalue weighted by Gasteiger charge is 2.14. The van der Waals surface area contributed by atoms with Crippen molar-refractivity contribution in [2.24, 2.45) is 0 Å². The number of rotatable bonds is 10. The SMILES string of the molecule is CCCCCCCCC(NCC)c1cccc(Cl)c1Cl. The number of unbranched alkanes of at least 4 members (excludes halogenated alkanes) is 5. The first kappa shape index (κ1) is 17.8. The van der Waals surface area contributed by atoms with Gasteiger partial charge >= 0.3 is 0 Å². The minimum Gasteiger partial charge on any atom is -0.310 e. The zero-order valence-electron chi connectivity index (χ0n) is 12.7. The summed E-state index contributed by atoms with van der Waals surface area (Å²) in [6, 6.07) is 6.23. The Kier molecular flexibility index (Phi) is 9.33. The third-order valence-electron chi connectivity index (χ3n) is 3.65. The second-order valence-corrected chi connectivity index (χ2v) is 6.09. The van der Waals surface area contributed by atoms with E-state index in [1.165, 1.54) is 38.5 Å². The number of benzene rings is 1. The molecule has 3 heteroatoms. The molecule has 1 nitrogen and oxygen atoms in total. The van der Waals surface area contributed by atoms with Crippen molar-refractivity contribution in [2.75, 3.05) is 6.54 Å². The first-order chi connectivity index (χ1) is 9.70. The van der Waals surface area contributed by atoms with E-state index in [1.807, 2.05) is 12.1 Å². The van der Waals surface area contributed by atoms with Gasteiger partial charge in [0.15, 0.2) is 0 Å². The van der Waals surface area contributed by atoms with Gasteiger partial charge in [-0.3, -0.25) is 0 Å². The molecular weight excluding hydrogens is 289 g/mol. The van der Waals surface area contributed by atoms with Gasteiger partial charge in [-0.15, -0.1) is 0 Å². The van der Waals surface area contributed by atoms with E-state index in [2.05, 4.69) is 25.2 Å². The largest absolute Gasteiger partial charge is 0.310 e. The molecule has 1 atom stereocenters. The highest BCUT2D eigenvalue weighted by Crippen LogP contribution is 2.32. The lowest BCUT2D eigenvalue weighted by Gasteiger charge is -2.20. The summed E-state index contributed by atoms with van der Waals surface area (Å²) < 4.78 is 0. The minimum absolute atomic E-state index is 0.317. The quantitative estimate of drug-likeness (QED) is 0.493.